The summed E-state index contributed by atoms with van der Waals surface area (Å²) in [4.78, 5) is 0. The molecule has 5 rings (SSSR count). The molecule has 138 valence electrons. The van der Waals surface area contributed by atoms with E-state index in [1.807, 2.05) is 18.2 Å². The van der Waals surface area contributed by atoms with Crippen LogP contribution in [0.1, 0.15) is 39.2 Å². The molecule has 0 aromatic heterocycles. The minimum Gasteiger partial charge on any atom is -0.404 e. The molecule has 2 bridgehead atoms. The van der Waals surface area contributed by atoms with Crippen LogP contribution in [0, 0.1) is 17.3 Å². The van der Waals surface area contributed by atoms with Crippen molar-refractivity contribution in [2.75, 3.05) is 6.61 Å². The van der Waals surface area contributed by atoms with Gasteiger partial charge >= 0.3 is 7.12 Å². The molecule has 0 amide bonds. The van der Waals surface area contributed by atoms with Crippen molar-refractivity contribution in [3.8, 4) is 0 Å². The molecule has 4 fully saturated rings. The molecule has 0 spiro atoms. The molecule has 1 aromatic carbocycles. The Morgan fingerprint density at radius 3 is 2.64 bits per heavy atom. The molecule has 1 unspecified atom stereocenters. The predicted molar refractivity (Wildman–Crippen MR) is 101 cm³/mol. The fraction of sp³-hybridized carbons (Fsp3) is 0.684. The maximum atomic E-state index is 6.38. The first-order valence-corrected chi connectivity index (χ1v) is 9.12. The molecule has 6 heteroatoms. The zero-order valence-corrected chi connectivity index (χ0v) is 16.1. The molecule has 0 radical (unpaired) electrons. The van der Waals surface area contributed by atoms with Crippen molar-refractivity contribution in [2.45, 2.75) is 57.9 Å². The lowest BCUT2D eigenvalue weighted by Crippen LogP contribution is -2.65. The minimum atomic E-state index is -0.356. The first-order chi connectivity index (χ1) is 11.4. The monoisotopic (exact) mass is 365 g/mol. The van der Waals surface area contributed by atoms with Gasteiger partial charge in [0.1, 0.15) is 0 Å². The average Bonchev–Trinajstić information content (AvgIpc) is 2.92. The summed E-state index contributed by atoms with van der Waals surface area (Å²) >= 11 is 0. The smallest absolute Gasteiger partial charge is 0.404 e. The number of hydrogen-bond acceptors (Lipinski definition) is 4. The molecule has 4 aliphatic rings. The lowest BCUT2D eigenvalue weighted by molar-refractivity contribution is -0.199. The van der Waals surface area contributed by atoms with E-state index in [4.69, 9.17) is 19.8 Å². The van der Waals surface area contributed by atoms with E-state index in [-0.39, 0.29) is 37.2 Å². The van der Waals surface area contributed by atoms with Crippen molar-refractivity contribution >= 4 is 19.5 Å². The van der Waals surface area contributed by atoms with Crippen LogP contribution in [-0.4, -0.2) is 31.4 Å². The molecule has 25 heavy (non-hydrogen) atoms. The van der Waals surface area contributed by atoms with Crippen molar-refractivity contribution in [1.82, 2.24) is 0 Å². The van der Waals surface area contributed by atoms with E-state index in [0.717, 1.165) is 17.9 Å². The number of benzene rings is 1. The van der Waals surface area contributed by atoms with Gasteiger partial charge in [0, 0.05) is 0 Å². The first kappa shape index (κ1) is 19.2. The van der Waals surface area contributed by atoms with Crippen molar-refractivity contribution < 1.29 is 14.0 Å². The Kier molecular flexibility index (Phi) is 5.26. The second-order valence-corrected chi connectivity index (χ2v) is 8.50. The standard InChI is InChI=1S/C19H28BNO3.ClH/c1-18(2)14-9-15(18)19(3)16(10-14)23-20(24-19)17(21)12-22-11-13-7-5-4-6-8-13;/h4-8,14-17H,9-12,21H2,1-3H3;1H/t14-,15+,16+,17?,19+;/m1./s1. The molecule has 2 N–H and O–H groups in total. The Morgan fingerprint density at radius 1 is 1.24 bits per heavy atom. The lowest BCUT2D eigenvalue weighted by atomic mass is 9.43. The quantitative estimate of drug-likeness (QED) is 0.814. The van der Waals surface area contributed by atoms with Gasteiger partial charge in [0.15, 0.2) is 0 Å². The van der Waals surface area contributed by atoms with E-state index in [1.54, 1.807) is 0 Å². The molecule has 1 heterocycles. The topological polar surface area (TPSA) is 53.7 Å². The number of rotatable bonds is 5. The van der Waals surface area contributed by atoms with Crippen LogP contribution in [0.5, 0.6) is 0 Å². The molecular weight excluding hydrogens is 336 g/mol. The van der Waals surface area contributed by atoms with Crippen molar-refractivity contribution in [3.63, 3.8) is 0 Å². The van der Waals surface area contributed by atoms with Crippen LogP contribution in [0.25, 0.3) is 0 Å². The highest BCUT2D eigenvalue weighted by atomic mass is 35.5. The number of ether oxygens (including phenoxy) is 1. The van der Waals surface area contributed by atoms with Crippen LogP contribution in [0.15, 0.2) is 30.3 Å². The fourth-order valence-electron chi connectivity index (χ4n) is 5.05. The van der Waals surface area contributed by atoms with Gasteiger partial charge < -0.3 is 19.8 Å². The summed E-state index contributed by atoms with van der Waals surface area (Å²) in [6.45, 7) is 7.97. The molecule has 1 aromatic rings. The van der Waals surface area contributed by atoms with Crippen LogP contribution < -0.4 is 5.73 Å². The molecule has 4 nitrogen and oxygen atoms in total. The van der Waals surface area contributed by atoms with E-state index in [9.17, 15) is 0 Å². The predicted octanol–water partition coefficient (Wildman–Crippen LogP) is 3.22. The SMILES string of the molecule is CC1(C)[C@H]2C[C@@H]3OB(C(N)COCc4ccccc4)O[C@@]3(C)[C@H]1C2.Cl. The molecule has 1 saturated heterocycles. The Balaban J connectivity index is 0.00000182. The average molecular weight is 366 g/mol. The van der Waals surface area contributed by atoms with Gasteiger partial charge in [0.05, 0.1) is 30.9 Å². The summed E-state index contributed by atoms with van der Waals surface area (Å²) in [5, 5.41) is 0. The fourth-order valence-corrected chi connectivity index (χ4v) is 5.05. The summed E-state index contributed by atoms with van der Waals surface area (Å²) in [6, 6.07) is 10.1. The van der Waals surface area contributed by atoms with Gasteiger partial charge in [-0.1, -0.05) is 44.2 Å². The highest BCUT2D eigenvalue weighted by Crippen LogP contribution is 2.65. The number of nitrogens with two attached hydrogens (primary N) is 1. The van der Waals surface area contributed by atoms with Crippen molar-refractivity contribution in [2.24, 2.45) is 23.0 Å². The summed E-state index contributed by atoms with van der Waals surface area (Å²) in [5.41, 5.74) is 7.63. The second-order valence-electron chi connectivity index (χ2n) is 8.50. The van der Waals surface area contributed by atoms with Gasteiger partial charge in [-0.25, -0.2) is 0 Å². The van der Waals surface area contributed by atoms with E-state index < -0.39 is 0 Å². The van der Waals surface area contributed by atoms with E-state index in [2.05, 4.69) is 32.9 Å². The molecule has 3 aliphatic carbocycles. The van der Waals surface area contributed by atoms with Gasteiger partial charge in [-0.3, -0.25) is 0 Å². The number of halogens is 1. The van der Waals surface area contributed by atoms with Crippen LogP contribution in [0.4, 0.5) is 0 Å². The van der Waals surface area contributed by atoms with Gasteiger partial charge in [-0.2, -0.15) is 0 Å². The third-order valence-electron chi connectivity index (χ3n) is 6.74. The molecule has 1 aliphatic heterocycles. The maximum absolute atomic E-state index is 6.38. The second kappa shape index (κ2) is 6.86. The largest absolute Gasteiger partial charge is 0.478 e. The Labute approximate surface area is 157 Å². The van der Waals surface area contributed by atoms with Gasteiger partial charge in [0.2, 0.25) is 0 Å². The van der Waals surface area contributed by atoms with Crippen LogP contribution >= 0.6 is 12.4 Å². The van der Waals surface area contributed by atoms with Gasteiger partial charge in [-0.15, -0.1) is 12.4 Å². The summed E-state index contributed by atoms with van der Waals surface area (Å²) in [6.07, 6.45) is 2.53. The summed E-state index contributed by atoms with van der Waals surface area (Å²) in [7, 11) is -0.356. The summed E-state index contributed by atoms with van der Waals surface area (Å²) < 4.78 is 18.3. The Hall–Kier alpha value is -0.585. The Bertz CT molecular complexity index is 602. The first-order valence-electron chi connectivity index (χ1n) is 9.12. The van der Waals surface area contributed by atoms with Crippen molar-refractivity contribution in [1.29, 1.82) is 0 Å². The normalized spacial score (nSPS) is 36.2. The van der Waals surface area contributed by atoms with Crippen molar-refractivity contribution in [3.05, 3.63) is 35.9 Å². The highest BCUT2D eigenvalue weighted by molar-refractivity contribution is 6.47. The van der Waals surface area contributed by atoms with Crippen LogP contribution in [-0.2, 0) is 20.7 Å². The van der Waals surface area contributed by atoms with Gasteiger partial charge in [0.25, 0.3) is 0 Å². The molecule has 5 atom stereocenters. The third-order valence-corrected chi connectivity index (χ3v) is 6.74. The minimum absolute atomic E-state index is 0. The number of hydrogen-bond donors (Lipinski definition) is 1. The summed E-state index contributed by atoms with van der Waals surface area (Å²) in [5.74, 6) is 1.07. The Morgan fingerprint density at radius 2 is 1.96 bits per heavy atom. The van der Waals surface area contributed by atoms with Gasteiger partial charge in [-0.05, 0) is 42.6 Å². The third kappa shape index (κ3) is 3.15. The maximum Gasteiger partial charge on any atom is 0.478 e. The zero-order chi connectivity index (χ0) is 16.9. The zero-order valence-electron chi connectivity index (χ0n) is 15.3. The van der Waals surface area contributed by atoms with Crippen LogP contribution in [0.3, 0.4) is 0 Å². The molecular formula is C19H29BClNO3. The van der Waals surface area contributed by atoms with E-state index >= 15 is 0 Å². The lowest BCUT2D eigenvalue weighted by Gasteiger charge is -2.64. The van der Waals surface area contributed by atoms with Crippen LogP contribution in [0.2, 0.25) is 0 Å². The van der Waals surface area contributed by atoms with E-state index in [0.29, 0.717) is 24.5 Å². The highest BCUT2D eigenvalue weighted by Gasteiger charge is 2.68. The van der Waals surface area contributed by atoms with E-state index in [1.165, 1.54) is 6.42 Å². The molecule has 3 saturated carbocycles.